The summed E-state index contributed by atoms with van der Waals surface area (Å²) < 4.78 is 57.0. The van der Waals surface area contributed by atoms with Crippen LogP contribution in [0.2, 0.25) is 0 Å². The number of aldehydes is 1. The number of nitrogens with one attached hydrogen (secondary N) is 6. The van der Waals surface area contributed by atoms with Crippen LogP contribution in [0, 0.1) is 82.4 Å². The minimum atomic E-state index is -0.165. The number of nitrogens with zero attached hydrogens (tertiary/aromatic N) is 4. The lowest BCUT2D eigenvalue weighted by molar-refractivity contribution is -0.112. The van der Waals surface area contributed by atoms with Crippen LogP contribution in [0.25, 0.3) is 0 Å². The Bertz CT molecular complexity index is 3680. The molecule has 125 heavy (non-hydrogen) atoms. The van der Waals surface area contributed by atoms with Crippen molar-refractivity contribution in [1.82, 2.24) is 41.3 Å². The number of methoxy groups -OCH3 is 1. The Labute approximate surface area is 751 Å². The van der Waals surface area contributed by atoms with Crippen LogP contribution in [0.1, 0.15) is 228 Å². The van der Waals surface area contributed by atoms with Crippen LogP contribution in [-0.2, 0) is 30.5 Å². The average Bonchev–Trinajstić information content (AvgIpc) is 0.847. The molecule has 4 saturated heterocycles. The van der Waals surface area contributed by atoms with Crippen molar-refractivity contribution in [3.63, 3.8) is 0 Å². The van der Waals surface area contributed by atoms with Gasteiger partial charge in [0.25, 0.3) is 0 Å². The Morgan fingerprint density at radius 3 is 1.14 bits per heavy atom. The van der Waals surface area contributed by atoms with E-state index in [4.69, 9.17) is 26.4 Å². The minimum absolute atomic E-state index is 0.130. The maximum Gasteiger partial charge on any atom is 0.319 e. The number of aliphatic imine (C=N–C) groups is 1. The molecule has 2 amide bonds. The molecule has 15 rings (SSSR count). The highest BCUT2D eigenvalue weighted by atomic mass is 19.1. The van der Waals surface area contributed by atoms with Crippen molar-refractivity contribution < 1.29 is 42.1 Å². The van der Waals surface area contributed by atoms with Crippen LogP contribution >= 0.6 is 0 Å². The van der Waals surface area contributed by atoms with Gasteiger partial charge in [0.1, 0.15) is 35.3 Å². The summed E-state index contributed by atoms with van der Waals surface area (Å²) in [4.78, 5) is 34.4. The molecular weight excluding hydrogens is 1570 g/mol. The Hall–Kier alpha value is -6.43. The van der Waals surface area contributed by atoms with Crippen molar-refractivity contribution in [2.75, 3.05) is 126 Å². The summed E-state index contributed by atoms with van der Waals surface area (Å²) in [5, 5.41) is 37.2. The molecule has 12 atom stereocenters. The number of urea groups is 1. The fraction of sp³-hybridized carbons (Fsp3) is 0.673. The van der Waals surface area contributed by atoms with E-state index in [2.05, 4.69) is 71.1 Å². The maximum absolute atomic E-state index is 13.1. The highest BCUT2D eigenvalue weighted by molar-refractivity contribution is 5.89. The molecular formula is C104H164F4N12O5. The molecule has 21 heteroatoms. The molecule has 12 N–H and O–H groups in total. The van der Waals surface area contributed by atoms with Crippen LogP contribution in [0.4, 0.5) is 28.0 Å². The van der Waals surface area contributed by atoms with E-state index < -0.39 is 0 Å². The second-order valence-corrected chi connectivity index (χ2v) is 37.8. The zero-order chi connectivity index (χ0) is 89.2. The van der Waals surface area contributed by atoms with Crippen molar-refractivity contribution in [2.45, 2.75) is 267 Å². The molecule has 10 fully saturated rings. The largest absolute Gasteiger partial charge is 0.497 e. The van der Waals surface area contributed by atoms with Crippen molar-refractivity contribution >= 4 is 23.9 Å². The lowest BCUT2D eigenvalue weighted by Gasteiger charge is -2.39. The first-order chi connectivity index (χ1) is 60.9. The molecule has 10 aliphatic rings. The lowest BCUT2D eigenvalue weighted by Crippen LogP contribution is -2.48. The average molecular weight is 1740 g/mol. The molecule has 6 saturated carbocycles. The molecule has 0 aromatic heterocycles. The molecule has 0 bridgehead atoms. The maximum atomic E-state index is 13.1. The van der Waals surface area contributed by atoms with Crippen LogP contribution < -0.4 is 48.1 Å². The third-order valence-corrected chi connectivity index (χ3v) is 28.8. The first-order valence-electron chi connectivity index (χ1n) is 48.8. The number of halogens is 4. The Kier molecular flexibility index (Phi) is 50.3. The van der Waals surface area contributed by atoms with Crippen LogP contribution in [-0.4, -0.2) is 200 Å². The lowest BCUT2D eigenvalue weighted by atomic mass is 9.83. The van der Waals surface area contributed by atoms with E-state index in [9.17, 15) is 27.2 Å². The number of rotatable bonds is 23. The van der Waals surface area contributed by atoms with E-state index in [0.717, 1.165) is 132 Å². The molecule has 17 nitrogen and oxygen atoms in total. The molecule has 4 heterocycles. The molecule has 698 valence electrons. The van der Waals surface area contributed by atoms with Crippen molar-refractivity contribution in [3.8, 4) is 5.75 Å². The first-order valence-corrected chi connectivity index (χ1v) is 48.8. The second kappa shape index (κ2) is 60.4. The fourth-order valence-electron chi connectivity index (χ4n) is 20.9. The number of carbonyl (C=O) groups is 2. The van der Waals surface area contributed by atoms with Crippen molar-refractivity contribution in [2.24, 2.45) is 75.6 Å². The van der Waals surface area contributed by atoms with E-state index in [0.29, 0.717) is 54.3 Å². The van der Waals surface area contributed by atoms with Gasteiger partial charge in [0.15, 0.2) is 0 Å². The molecule has 6 aliphatic carbocycles. The van der Waals surface area contributed by atoms with E-state index in [1.807, 2.05) is 86.9 Å². The molecule has 0 radical (unpaired) electrons. The number of likely N-dealkylation sites (tertiary alicyclic amines) is 3. The van der Waals surface area contributed by atoms with Gasteiger partial charge in [-0.3, -0.25) is 0 Å². The normalized spacial score (nSPS) is 26.0. The number of amides is 2. The number of aliphatic hydroxyl groups is 2. The molecule has 5 aromatic carbocycles. The summed E-state index contributed by atoms with van der Waals surface area (Å²) in [6, 6.07) is 37.9. The predicted molar refractivity (Wildman–Crippen MR) is 508 cm³/mol. The van der Waals surface area contributed by atoms with Crippen LogP contribution in [0.15, 0.2) is 133 Å². The SMILES string of the molecule is C=C=NC.CN[C@@H]1CCCC[C@H]1C=O.CN[C@@H]1CCCC[C@H]1CN1CCC(Cc2ccc(F)cc2)CC1.CN[C@@H]1CCCC[C@H]1CO.COc1cccc(NC(=O)N[C@@H]2CCCC[C@H]2CN2CCC(Cc3ccc(F)cc3)CC2)c1.Fc1ccc(CC2CCNCC2)cc1.N[C@@H]1CCCC[C@H]1CN1CCC(Cc2ccc(F)cc2)CC1.N[C@@H]1CCCC[C@H]1CO. The zero-order valence-electron chi connectivity index (χ0n) is 77.3. The summed E-state index contributed by atoms with van der Waals surface area (Å²) in [5.74, 6) is 8.64. The van der Waals surface area contributed by atoms with Gasteiger partial charge in [-0.2, -0.15) is 0 Å². The molecule has 0 spiro atoms. The third-order valence-electron chi connectivity index (χ3n) is 28.8. The number of benzene rings is 5. The number of ether oxygens (including phenoxy) is 1. The number of carbonyl (C=O) groups excluding carboxylic acids is 2. The summed E-state index contributed by atoms with van der Waals surface area (Å²) in [5.41, 5.74) is 17.8. The standard InChI is InChI=1S/C27H36FN3O2.C20H31FN2.C19H29FN2.C12H16FN.C8H17NO.C8H15NO.C7H15NO.C3H5N/c1-33-25-7-4-6-24(18-25)29-27(32)30-26-8-3-2-5-22(26)19-31-15-13-21(14-16-31)17-20-9-11-23(28)12-10-20;1-22-20-5-3-2-4-18(20)15-23-12-10-17(11-13-23)14-16-6-8-19(21)9-7-16;20-18-7-5-15(6-8-18)13-16-9-11-22(12-10-16)14-17-3-1-2-4-19(17)21;13-12-3-1-10(2-4-12)9-11-5-7-14-8-6-11;2*1-9-8-5-3-2-4-7(8)6-10;8-7-4-2-1-3-6(7)5-9;1-3-4-2/h4,6-7,9-12,18,21-22,26H,2-3,5,8,13-17,19H2,1H3,(H2,29,30,32);6-9,17-18,20,22H,2-5,10-15H2,1H3;5-8,16-17,19H,1-4,9-14,21H2;1-4,11,14H,5-9H2;7-10H,2-6H2,1H3;6-9H,2-5H2,1H3;6-7,9H,1-5,8H2;1H2,2H3/t22-,26+;18-,20+;17-,19+;;2*7-,8+;6-,7+;/m000.000./s1. The highest BCUT2D eigenvalue weighted by Gasteiger charge is 2.33. The van der Waals surface area contributed by atoms with Gasteiger partial charge >= 0.3 is 6.03 Å². The van der Waals surface area contributed by atoms with Gasteiger partial charge in [0, 0.05) is 93.8 Å². The minimum Gasteiger partial charge on any atom is -0.497 e. The molecule has 4 aliphatic heterocycles. The molecule has 0 unspecified atom stereocenters. The van der Waals surface area contributed by atoms with E-state index in [1.54, 1.807) is 62.7 Å². The predicted octanol–water partition coefficient (Wildman–Crippen LogP) is 18.0. The zero-order valence-corrected chi connectivity index (χ0v) is 77.3. The van der Waals surface area contributed by atoms with Gasteiger partial charge in [-0.15, -0.1) is 0 Å². The highest BCUT2D eigenvalue weighted by Crippen LogP contribution is 2.34. The summed E-state index contributed by atoms with van der Waals surface area (Å²) in [6.07, 6.45) is 45.3. The van der Waals surface area contributed by atoms with Crippen molar-refractivity contribution in [1.29, 1.82) is 0 Å². The smallest absolute Gasteiger partial charge is 0.319 e. The van der Waals surface area contributed by atoms with Crippen LogP contribution in [0.5, 0.6) is 5.75 Å². The number of hydrogen-bond donors (Lipinski definition) is 10. The summed E-state index contributed by atoms with van der Waals surface area (Å²) >= 11 is 0. The van der Waals surface area contributed by atoms with E-state index in [-0.39, 0.29) is 53.9 Å². The van der Waals surface area contributed by atoms with Gasteiger partial charge in [-0.1, -0.05) is 132 Å². The van der Waals surface area contributed by atoms with Gasteiger partial charge < -0.3 is 77.8 Å². The topological polar surface area (TPSA) is 230 Å². The Balaban J connectivity index is 0.000000188. The van der Waals surface area contributed by atoms with E-state index >= 15 is 0 Å². The van der Waals surface area contributed by atoms with E-state index in [1.165, 1.54) is 241 Å². The Morgan fingerprint density at radius 2 is 0.784 bits per heavy atom. The van der Waals surface area contributed by atoms with Gasteiger partial charge in [0.05, 0.1) is 7.11 Å². The Morgan fingerprint density at radius 1 is 0.456 bits per heavy atom. The second-order valence-electron chi connectivity index (χ2n) is 37.8. The summed E-state index contributed by atoms with van der Waals surface area (Å²) in [7, 11) is 9.30. The summed E-state index contributed by atoms with van der Waals surface area (Å²) in [6.45, 7) is 16.7. The quantitative estimate of drug-likeness (QED) is 0.0167. The first kappa shape index (κ1) is 104. The number of hydrogen-bond acceptors (Lipinski definition) is 15. The number of anilines is 1. The van der Waals surface area contributed by atoms with Crippen molar-refractivity contribution in [3.05, 3.63) is 173 Å². The molecule has 5 aromatic rings. The van der Waals surface area contributed by atoms with Gasteiger partial charge in [-0.05, 0) is 376 Å². The number of piperidine rings is 4. The number of nitrogens with two attached hydrogens (primary N) is 2. The van der Waals surface area contributed by atoms with Crippen LogP contribution in [0.3, 0.4) is 0 Å². The third kappa shape index (κ3) is 39.8. The fourth-order valence-corrected chi connectivity index (χ4v) is 20.9. The monoisotopic (exact) mass is 1740 g/mol. The number of aliphatic hydroxyl groups excluding tert-OH is 2. The van der Waals surface area contributed by atoms with Gasteiger partial charge in [-0.25, -0.2) is 27.3 Å². The van der Waals surface area contributed by atoms with Gasteiger partial charge in [0.2, 0.25) is 0 Å².